The van der Waals surface area contributed by atoms with Gasteiger partial charge in [-0.15, -0.1) is 0 Å². The van der Waals surface area contributed by atoms with Gasteiger partial charge in [0.25, 0.3) is 0 Å². The number of aromatic nitrogens is 2. The predicted molar refractivity (Wildman–Crippen MR) is 60.3 cm³/mol. The van der Waals surface area contributed by atoms with Crippen molar-refractivity contribution < 1.29 is 4.74 Å². The highest BCUT2D eigenvalue weighted by Gasteiger charge is 2.08. The smallest absolute Gasteiger partial charge is 0.156 e. The van der Waals surface area contributed by atoms with Crippen molar-refractivity contribution in [1.82, 2.24) is 9.97 Å². The quantitative estimate of drug-likeness (QED) is 0.823. The van der Waals surface area contributed by atoms with E-state index in [9.17, 15) is 0 Å². The Labute approximate surface area is 90.9 Å². The van der Waals surface area contributed by atoms with Crippen molar-refractivity contribution >= 4 is 5.82 Å². The van der Waals surface area contributed by atoms with Crippen LogP contribution in [0.5, 0.6) is 0 Å². The molecule has 1 aromatic rings. The summed E-state index contributed by atoms with van der Waals surface area (Å²) < 4.78 is 5.62. The van der Waals surface area contributed by atoms with E-state index in [1.165, 1.54) is 0 Å². The molecule has 0 bridgehead atoms. The normalized spacial score (nSPS) is 13.1. The topological polar surface area (TPSA) is 61.0 Å². The lowest BCUT2D eigenvalue weighted by Gasteiger charge is -2.15. The second-order valence-corrected chi connectivity index (χ2v) is 4.11. The molecule has 0 aliphatic carbocycles. The minimum Gasteiger partial charge on any atom is -0.384 e. The fourth-order valence-electron chi connectivity index (χ4n) is 1.12. The van der Waals surface area contributed by atoms with Crippen molar-refractivity contribution in [2.24, 2.45) is 5.92 Å². The van der Waals surface area contributed by atoms with Crippen LogP contribution >= 0.6 is 0 Å². The van der Waals surface area contributed by atoms with Crippen molar-refractivity contribution in [3.05, 3.63) is 17.6 Å². The van der Waals surface area contributed by atoms with Crippen LogP contribution in [0.3, 0.4) is 0 Å². The monoisotopic (exact) mass is 209 g/mol. The molecule has 0 aromatic carbocycles. The van der Waals surface area contributed by atoms with Gasteiger partial charge in [0.2, 0.25) is 0 Å². The highest BCUT2D eigenvalue weighted by molar-refractivity contribution is 5.28. The Morgan fingerprint density at radius 1 is 1.33 bits per heavy atom. The van der Waals surface area contributed by atoms with E-state index >= 15 is 0 Å². The first-order valence-electron chi connectivity index (χ1n) is 5.20. The average Bonchev–Trinajstić information content (AvgIpc) is 2.12. The molecular formula is C11H19N3O. The first kappa shape index (κ1) is 11.9. The second-order valence-electron chi connectivity index (χ2n) is 4.11. The molecule has 0 radical (unpaired) electrons. The molecule has 0 aliphatic heterocycles. The third-order valence-corrected chi connectivity index (χ3v) is 2.33. The molecule has 0 aliphatic rings. The molecule has 0 spiro atoms. The number of nitrogen functional groups attached to an aromatic ring is 1. The molecule has 1 aromatic heterocycles. The number of nitrogens with two attached hydrogens (primary N) is 1. The van der Waals surface area contributed by atoms with Crippen LogP contribution < -0.4 is 5.73 Å². The number of ether oxygens (including phenoxy) is 1. The van der Waals surface area contributed by atoms with E-state index in [1.54, 1.807) is 6.07 Å². The van der Waals surface area contributed by atoms with Crippen molar-refractivity contribution in [1.29, 1.82) is 0 Å². The maximum Gasteiger partial charge on any atom is 0.156 e. The summed E-state index contributed by atoms with van der Waals surface area (Å²) in [7, 11) is 0. The maximum atomic E-state index is 5.62. The number of rotatable bonds is 4. The summed E-state index contributed by atoms with van der Waals surface area (Å²) in [6.45, 7) is 8.61. The minimum atomic E-state index is 0.204. The fourth-order valence-corrected chi connectivity index (χ4v) is 1.12. The molecule has 84 valence electrons. The van der Waals surface area contributed by atoms with Gasteiger partial charge >= 0.3 is 0 Å². The zero-order valence-corrected chi connectivity index (χ0v) is 9.82. The SMILES string of the molecule is Cc1cc(N)nc(COC(C)C(C)C)n1. The third-order valence-electron chi connectivity index (χ3n) is 2.33. The van der Waals surface area contributed by atoms with Crippen LogP contribution in [0.2, 0.25) is 0 Å². The van der Waals surface area contributed by atoms with Crippen LogP contribution in [-0.2, 0) is 11.3 Å². The number of hydrogen-bond donors (Lipinski definition) is 1. The van der Waals surface area contributed by atoms with Crippen LogP contribution in [0.1, 0.15) is 32.3 Å². The van der Waals surface area contributed by atoms with Gasteiger partial charge < -0.3 is 10.5 Å². The van der Waals surface area contributed by atoms with E-state index in [2.05, 4.69) is 23.8 Å². The van der Waals surface area contributed by atoms with E-state index in [-0.39, 0.29) is 6.10 Å². The van der Waals surface area contributed by atoms with Gasteiger partial charge in [-0.1, -0.05) is 13.8 Å². The lowest BCUT2D eigenvalue weighted by atomic mass is 10.1. The largest absolute Gasteiger partial charge is 0.384 e. The Bertz CT molecular complexity index is 305. The van der Waals surface area contributed by atoms with E-state index in [0.717, 1.165) is 5.69 Å². The summed E-state index contributed by atoms with van der Waals surface area (Å²) >= 11 is 0. The van der Waals surface area contributed by atoms with Crippen molar-refractivity contribution in [2.45, 2.75) is 40.4 Å². The van der Waals surface area contributed by atoms with E-state index in [0.29, 0.717) is 24.2 Å². The van der Waals surface area contributed by atoms with Gasteiger partial charge in [0.15, 0.2) is 5.82 Å². The van der Waals surface area contributed by atoms with Gasteiger partial charge in [0.05, 0.1) is 6.10 Å². The zero-order valence-electron chi connectivity index (χ0n) is 9.82. The molecule has 1 atom stereocenters. The standard InChI is InChI=1S/C11H19N3O/c1-7(2)9(4)15-6-11-13-8(3)5-10(12)14-11/h5,7,9H,6H2,1-4H3,(H2,12,13,14). The molecule has 0 fully saturated rings. The van der Waals surface area contributed by atoms with E-state index < -0.39 is 0 Å². The molecule has 0 saturated heterocycles. The number of aryl methyl sites for hydroxylation is 1. The second kappa shape index (κ2) is 5.07. The first-order chi connectivity index (χ1) is 6.99. The van der Waals surface area contributed by atoms with Crippen LogP contribution in [0.4, 0.5) is 5.82 Å². The summed E-state index contributed by atoms with van der Waals surface area (Å²) in [6.07, 6.45) is 0.204. The fraction of sp³-hybridized carbons (Fsp3) is 0.636. The first-order valence-corrected chi connectivity index (χ1v) is 5.20. The molecular weight excluding hydrogens is 190 g/mol. The summed E-state index contributed by atoms with van der Waals surface area (Å²) in [5.74, 6) is 1.64. The predicted octanol–water partition coefficient (Wildman–Crippen LogP) is 1.93. The van der Waals surface area contributed by atoms with E-state index in [1.807, 2.05) is 13.8 Å². The van der Waals surface area contributed by atoms with Crippen molar-refractivity contribution in [3.63, 3.8) is 0 Å². The molecule has 1 rings (SSSR count). The summed E-state index contributed by atoms with van der Waals surface area (Å²) in [6, 6.07) is 1.75. The van der Waals surface area contributed by atoms with Crippen LogP contribution in [-0.4, -0.2) is 16.1 Å². The zero-order chi connectivity index (χ0) is 11.4. The Morgan fingerprint density at radius 2 is 2.00 bits per heavy atom. The Hall–Kier alpha value is -1.16. The van der Waals surface area contributed by atoms with Crippen molar-refractivity contribution in [3.8, 4) is 0 Å². The number of nitrogens with zero attached hydrogens (tertiary/aromatic N) is 2. The molecule has 1 heterocycles. The van der Waals surface area contributed by atoms with Crippen molar-refractivity contribution in [2.75, 3.05) is 5.73 Å². The lowest BCUT2D eigenvalue weighted by molar-refractivity contribution is 0.0200. The molecule has 15 heavy (non-hydrogen) atoms. The van der Waals surface area contributed by atoms with Gasteiger partial charge in [-0.05, 0) is 19.8 Å². The summed E-state index contributed by atoms with van der Waals surface area (Å²) in [4.78, 5) is 8.36. The van der Waals surface area contributed by atoms with Gasteiger partial charge in [-0.2, -0.15) is 0 Å². The summed E-state index contributed by atoms with van der Waals surface area (Å²) in [5.41, 5.74) is 6.49. The Kier molecular flexibility index (Phi) is 4.03. The van der Waals surface area contributed by atoms with Gasteiger partial charge in [0, 0.05) is 11.8 Å². The highest BCUT2D eigenvalue weighted by Crippen LogP contribution is 2.09. The van der Waals surface area contributed by atoms with Crippen LogP contribution in [0.25, 0.3) is 0 Å². The molecule has 0 amide bonds. The average molecular weight is 209 g/mol. The van der Waals surface area contributed by atoms with Gasteiger partial charge in [0.1, 0.15) is 12.4 Å². The molecule has 1 unspecified atom stereocenters. The molecule has 0 saturated carbocycles. The molecule has 4 nitrogen and oxygen atoms in total. The Morgan fingerprint density at radius 3 is 2.53 bits per heavy atom. The number of anilines is 1. The molecule has 2 N–H and O–H groups in total. The van der Waals surface area contributed by atoms with Crippen LogP contribution in [0, 0.1) is 12.8 Å². The minimum absolute atomic E-state index is 0.204. The van der Waals surface area contributed by atoms with Gasteiger partial charge in [-0.25, -0.2) is 9.97 Å². The van der Waals surface area contributed by atoms with E-state index in [4.69, 9.17) is 10.5 Å². The maximum absolute atomic E-state index is 5.62. The van der Waals surface area contributed by atoms with Crippen LogP contribution in [0.15, 0.2) is 6.07 Å². The highest BCUT2D eigenvalue weighted by atomic mass is 16.5. The number of hydrogen-bond acceptors (Lipinski definition) is 4. The van der Waals surface area contributed by atoms with Gasteiger partial charge in [-0.3, -0.25) is 0 Å². The Balaban J connectivity index is 2.57. The summed E-state index contributed by atoms with van der Waals surface area (Å²) in [5, 5.41) is 0. The molecule has 4 heteroatoms. The lowest BCUT2D eigenvalue weighted by Crippen LogP contribution is -2.16. The third kappa shape index (κ3) is 3.83.